The van der Waals surface area contributed by atoms with Gasteiger partial charge in [0.1, 0.15) is 5.82 Å². The zero-order valence-electron chi connectivity index (χ0n) is 11.7. The van der Waals surface area contributed by atoms with Crippen LogP contribution < -0.4 is 4.90 Å². The van der Waals surface area contributed by atoms with Gasteiger partial charge in [-0.1, -0.05) is 6.92 Å². The number of nitrogens with zero attached hydrogens (tertiary/aromatic N) is 4. The Labute approximate surface area is 117 Å². The lowest BCUT2D eigenvalue weighted by Crippen LogP contribution is -2.19. The molecule has 0 saturated carbocycles. The molecule has 0 aliphatic carbocycles. The summed E-state index contributed by atoms with van der Waals surface area (Å²) in [5.74, 6) is 0.993. The third kappa shape index (κ3) is 3.14. The summed E-state index contributed by atoms with van der Waals surface area (Å²) in [4.78, 5) is 16.6. The smallest absolute Gasteiger partial charge is 0.269 e. The second-order valence-electron chi connectivity index (χ2n) is 4.67. The van der Waals surface area contributed by atoms with Crippen LogP contribution in [0, 0.1) is 10.1 Å². The summed E-state index contributed by atoms with van der Waals surface area (Å²) in [6.45, 7) is 3.75. The number of hydrogen-bond donors (Lipinski definition) is 0. The fourth-order valence-electron chi connectivity index (χ4n) is 2.07. The Morgan fingerprint density at radius 3 is 2.65 bits per heavy atom. The fourth-order valence-corrected chi connectivity index (χ4v) is 2.07. The van der Waals surface area contributed by atoms with Gasteiger partial charge in [0, 0.05) is 43.8 Å². The van der Waals surface area contributed by atoms with Crippen molar-refractivity contribution in [3.63, 3.8) is 0 Å². The first-order valence-electron chi connectivity index (χ1n) is 6.57. The number of anilines is 1. The highest BCUT2D eigenvalue weighted by Gasteiger charge is 2.09. The van der Waals surface area contributed by atoms with Gasteiger partial charge in [0.25, 0.3) is 5.69 Å². The van der Waals surface area contributed by atoms with Gasteiger partial charge < -0.3 is 9.47 Å². The number of nitro groups is 1. The first-order chi connectivity index (χ1) is 9.61. The maximum Gasteiger partial charge on any atom is 0.269 e. The first-order valence-corrected chi connectivity index (χ1v) is 6.57. The highest BCUT2D eigenvalue weighted by molar-refractivity contribution is 5.50. The van der Waals surface area contributed by atoms with E-state index in [0.29, 0.717) is 6.54 Å². The molecular weight excluding hydrogens is 256 g/mol. The van der Waals surface area contributed by atoms with Gasteiger partial charge in [-0.2, -0.15) is 0 Å². The molecule has 1 aromatic heterocycles. The number of aromatic nitrogens is 2. The Balaban J connectivity index is 2.09. The number of aryl methyl sites for hydroxylation is 1. The molecule has 0 radical (unpaired) electrons. The third-order valence-electron chi connectivity index (χ3n) is 3.15. The van der Waals surface area contributed by atoms with Crippen molar-refractivity contribution in [2.24, 2.45) is 0 Å². The van der Waals surface area contributed by atoms with Gasteiger partial charge in [0.2, 0.25) is 0 Å². The van der Waals surface area contributed by atoms with E-state index in [4.69, 9.17) is 0 Å². The van der Waals surface area contributed by atoms with Crippen LogP contribution in [0.25, 0.3) is 0 Å². The van der Waals surface area contributed by atoms with Crippen molar-refractivity contribution >= 4 is 11.4 Å². The molecule has 0 fully saturated rings. The first kappa shape index (κ1) is 14.0. The van der Waals surface area contributed by atoms with Crippen molar-refractivity contribution in [2.75, 3.05) is 11.9 Å². The van der Waals surface area contributed by atoms with Crippen molar-refractivity contribution in [2.45, 2.75) is 26.4 Å². The lowest BCUT2D eigenvalue weighted by molar-refractivity contribution is -0.384. The molecule has 0 amide bonds. The van der Waals surface area contributed by atoms with Crippen molar-refractivity contribution in [3.05, 3.63) is 52.6 Å². The quantitative estimate of drug-likeness (QED) is 0.600. The maximum atomic E-state index is 10.6. The summed E-state index contributed by atoms with van der Waals surface area (Å²) in [5.41, 5.74) is 1.04. The topological polar surface area (TPSA) is 64.2 Å². The van der Waals surface area contributed by atoms with E-state index in [0.717, 1.165) is 24.5 Å². The van der Waals surface area contributed by atoms with E-state index in [2.05, 4.69) is 16.5 Å². The number of hydrogen-bond acceptors (Lipinski definition) is 4. The molecule has 2 rings (SSSR count). The van der Waals surface area contributed by atoms with Crippen LogP contribution in [-0.4, -0.2) is 21.5 Å². The average molecular weight is 274 g/mol. The Morgan fingerprint density at radius 1 is 1.35 bits per heavy atom. The molecule has 1 heterocycles. The molecule has 0 bridgehead atoms. The van der Waals surface area contributed by atoms with Crippen molar-refractivity contribution < 1.29 is 4.92 Å². The number of imidazole rings is 1. The van der Waals surface area contributed by atoms with E-state index >= 15 is 0 Å². The molecule has 0 saturated heterocycles. The minimum atomic E-state index is -0.391. The Hall–Kier alpha value is -2.37. The Kier molecular flexibility index (Phi) is 4.34. The van der Waals surface area contributed by atoms with E-state index in [1.807, 2.05) is 18.1 Å². The summed E-state index contributed by atoms with van der Waals surface area (Å²) in [7, 11) is 1.95. The number of rotatable bonds is 6. The molecule has 6 nitrogen and oxygen atoms in total. The van der Waals surface area contributed by atoms with Crippen molar-refractivity contribution in [3.8, 4) is 0 Å². The fraction of sp³-hybridized carbons (Fsp3) is 0.357. The largest absolute Gasteiger partial charge is 0.367 e. The van der Waals surface area contributed by atoms with Crippen LogP contribution in [0.3, 0.4) is 0 Å². The summed E-state index contributed by atoms with van der Waals surface area (Å²) >= 11 is 0. The second-order valence-corrected chi connectivity index (χ2v) is 4.67. The van der Waals surface area contributed by atoms with Crippen molar-refractivity contribution in [1.29, 1.82) is 0 Å². The van der Waals surface area contributed by atoms with Gasteiger partial charge in [-0.25, -0.2) is 4.98 Å². The summed E-state index contributed by atoms with van der Waals surface area (Å²) in [6.07, 6.45) is 4.84. The second kappa shape index (κ2) is 6.18. The van der Waals surface area contributed by atoms with Crippen LogP contribution in [0.2, 0.25) is 0 Å². The summed E-state index contributed by atoms with van der Waals surface area (Å²) in [5, 5.41) is 10.6. The van der Waals surface area contributed by atoms with E-state index < -0.39 is 4.92 Å². The molecule has 2 aromatic rings. The lowest BCUT2D eigenvalue weighted by Gasteiger charge is -2.19. The average Bonchev–Trinajstić information content (AvgIpc) is 2.86. The molecule has 6 heteroatoms. The predicted octanol–water partition coefficient (Wildman–Crippen LogP) is 2.84. The van der Waals surface area contributed by atoms with E-state index in [-0.39, 0.29) is 5.69 Å². The maximum absolute atomic E-state index is 10.6. The van der Waals surface area contributed by atoms with Crippen LogP contribution in [0.5, 0.6) is 0 Å². The SMILES string of the molecule is CCCn1ccnc1CN(C)c1ccc([N+](=O)[O-])cc1. The molecule has 20 heavy (non-hydrogen) atoms. The Bertz CT molecular complexity index is 577. The number of benzene rings is 1. The standard InChI is InChI=1S/C14H18N4O2/c1-3-9-17-10-8-15-14(17)11-16(2)12-4-6-13(7-5-12)18(19)20/h4-8,10H,3,9,11H2,1-2H3. The van der Waals surface area contributed by atoms with Gasteiger partial charge >= 0.3 is 0 Å². The highest BCUT2D eigenvalue weighted by atomic mass is 16.6. The van der Waals surface area contributed by atoms with Gasteiger partial charge in [-0.3, -0.25) is 10.1 Å². The van der Waals surface area contributed by atoms with E-state index in [1.54, 1.807) is 18.3 Å². The lowest BCUT2D eigenvalue weighted by atomic mass is 10.2. The number of non-ortho nitro benzene ring substituents is 1. The van der Waals surface area contributed by atoms with Crippen LogP contribution in [-0.2, 0) is 13.1 Å². The van der Waals surface area contributed by atoms with E-state index in [9.17, 15) is 10.1 Å². The van der Waals surface area contributed by atoms with Crippen LogP contribution >= 0.6 is 0 Å². The minimum Gasteiger partial charge on any atom is -0.367 e. The van der Waals surface area contributed by atoms with E-state index in [1.165, 1.54) is 12.1 Å². The molecule has 0 aliphatic heterocycles. The molecule has 0 atom stereocenters. The third-order valence-corrected chi connectivity index (χ3v) is 3.15. The normalized spacial score (nSPS) is 10.5. The zero-order valence-corrected chi connectivity index (χ0v) is 11.7. The van der Waals surface area contributed by atoms with Gasteiger partial charge in [0.05, 0.1) is 11.5 Å². The molecule has 0 spiro atoms. The monoisotopic (exact) mass is 274 g/mol. The minimum absolute atomic E-state index is 0.106. The van der Waals surface area contributed by atoms with Crippen molar-refractivity contribution in [1.82, 2.24) is 9.55 Å². The highest BCUT2D eigenvalue weighted by Crippen LogP contribution is 2.19. The molecule has 0 N–H and O–H groups in total. The molecular formula is C14H18N4O2. The molecule has 1 aromatic carbocycles. The molecule has 106 valence electrons. The van der Waals surface area contributed by atoms with Crippen LogP contribution in [0.4, 0.5) is 11.4 Å². The van der Waals surface area contributed by atoms with Crippen LogP contribution in [0.1, 0.15) is 19.2 Å². The predicted molar refractivity (Wildman–Crippen MR) is 77.7 cm³/mol. The Morgan fingerprint density at radius 2 is 2.05 bits per heavy atom. The molecule has 0 aliphatic rings. The zero-order chi connectivity index (χ0) is 14.5. The van der Waals surface area contributed by atoms with Gasteiger partial charge in [0.15, 0.2) is 0 Å². The summed E-state index contributed by atoms with van der Waals surface area (Å²) < 4.78 is 2.13. The van der Waals surface area contributed by atoms with Gasteiger partial charge in [-0.15, -0.1) is 0 Å². The number of nitro benzene ring substituents is 1. The summed E-state index contributed by atoms with van der Waals surface area (Å²) in [6, 6.07) is 6.55. The molecule has 0 unspecified atom stereocenters. The van der Waals surface area contributed by atoms with Gasteiger partial charge in [-0.05, 0) is 18.6 Å². The van der Waals surface area contributed by atoms with Crippen LogP contribution in [0.15, 0.2) is 36.7 Å².